The maximum absolute atomic E-state index is 11.0. The molecule has 106 valence electrons. The second kappa shape index (κ2) is 5.78. The Kier molecular flexibility index (Phi) is 3.84. The SMILES string of the molecule is Cc1ccc2c(c1)/C(=C\CC(=O)O)c1ccccc1CS2. The number of benzene rings is 2. The zero-order valence-electron chi connectivity index (χ0n) is 11.8. The van der Waals surface area contributed by atoms with E-state index in [0.717, 1.165) is 22.5 Å². The Morgan fingerprint density at radius 1 is 1.24 bits per heavy atom. The van der Waals surface area contributed by atoms with Crippen LogP contribution in [0.15, 0.2) is 53.4 Å². The van der Waals surface area contributed by atoms with Crippen LogP contribution in [-0.2, 0) is 10.5 Å². The van der Waals surface area contributed by atoms with E-state index in [1.807, 2.05) is 30.0 Å². The molecule has 0 aliphatic carbocycles. The van der Waals surface area contributed by atoms with Gasteiger partial charge in [0, 0.05) is 10.6 Å². The summed E-state index contributed by atoms with van der Waals surface area (Å²) in [4.78, 5) is 12.2. The van der Waals surface area contributed by atoms with Crippen molar-refractivity contribution >= 4 is 23.3 Å². The molecule has 0 spiro atoms. The molecule has 0 aromatic heterocycles. The topological polar surface area (TPSA) is 37.3 Å². The molecule has 0 unspecified atom stereocenters. The molecule has 0 radical (unpaired) electrons. The largest absolute Gasteiger partial charge is 0.481 e. The molecule has 2 nitrogen and oxygen atoms in total. The minimum Gasteiger partial charge on any atom is -0.481 e. The van der Waals surface area contributed by atoms with Crippen molar-refractivity contribution in [3.05, 3.63) is 70.8 Å². The van der Waals surface area contributed by atoms with Crippen molar-refractivity contribution in [1.82, 2.24) is 0 Å². The highest BCUT2D eigenvalue weighted by Gasteiger charge is 2.18. The summed E-state index contributed by atoms with van der Waals surface area (Å²) in [7, 11) is 0. The monoisotopic (exact) mass is 296 g/mol. The maximum atomic E-state index is 11.0. The van der Waals surface area contributed by atoms with Gasteiger partial charge in [-0.2, -0.15) is 0 Å². The first-order valence-electron chi connectivity index (χ1n) is 6.89. The van der Waals surface area contributed by atoms with Crippen LogP contribution in [0.25, 0.3) is 5.57 Å². The van der Waals surface area contributed by atoms with E-state index in [0.29, 0.717) is 0 Å². The smallest absolute Gasteiger partial charge is 0.307 e. The summed E-state index contributed by atoms with van der Waals surface area (Å²) in [5.41, 5.74) is 5.78. The van der Waals surface area contributed by atoms with Gasteiger partial charge in [0.1, 0.15) is 0 Å². The lowest BCUT2D eigenvalue weighted by molar-refractivity contribution is -0.135. The molecule has 1 N–H and O–H groups in total. The van der Waals surface area contributed by atoms with Crippen molar-refractivity contribution in [2.75, 3.05) is 0 Å². The van der Waals surface area contributed by atoms with Gasteiger partial charge in [0.15, 0.2) is 0 Å². The predicted octanol–water partition coefficient (Wildman–Crippen LogP) is 4.51. The Bertz CT molecular complexity index is 732. The Morgan fingerprint density at radius 2 is 2.05 bits per heavy atom. The van der Waals surface area contributed by atoms with E-state index >= 15 is 0 Å². The summed E-state index contributed by atoms with van der Waals surface area (Å²) in [5.74, 6) is 0.113. The van der Waals surface area contributed by atoms with E-state index in [9.17, 15) is 4.79 Å². The van der Waals surface area contributed by atoms with Gasteiger partial charge in [-0.1, -0.05) is 48.0 Å². The van der Waals surface area contributed by atoms with Gasteiger partial charge in [-0.3, -0.25) is 4.79 Å². The number of rotatable bonds is 2. The van der Waals surface area contributed by atoms with Gasteiger partial charge >= 0.3 is 5.97 Å². The fraction of sp³-hybridized carbons (Fsp3) is 0.167. The average Bonchev–Trinajstić information content (AvgIpc) is 2.62. The third-order valence-corrected chi connectivity index (χ3v) is 4.72. The van der Waals surface area contributed by atoms with Crippen LogP contribution >= 0.6 is 11.8 Å². The van der Waals surface area contributed by atoms with Crippen LogP contribution in [0, 0.1) is 6.92 Å². The maximum Gasteiger partial charge on any atom is 0.307 e. The highest BCUT2D eigenvalue weighted by molar-refractivity contribution is 7.98. The van der Waals surface area contributed by atoms with Gasteiger partial charge in [0.05, 0.1) is 6.42 Å². The molecule has 1 aliphatic heterocycles. The molecule has 0 saturated heterocycles. The fourth-order valence-electron chi connectivity index (χ4n) is 2.60. The van der Waals surface area contributed by atoms with Gasteiger partial charge < -0.3 is 5.11 Å². The van der Waals surface area contributed by atoms with Gasteiger partial charge in [-0.15, -0.1) is 11.8 Å². The Hall–Kier alpha value is -2.00. The Labute approximate surface area is 128 Å². The summed E-state index contributed by atoms with van der Waals surface area (Å²) in [6.45, 7) is 2.07. The third-order valence-electron chi connectivity index (χ3n) is 3.60. The van der Waals surface area contributed by atoms with E-state index in [4.69, 9.17) is 5.11 Å². The van der Waals surface area contributed by atoms with E-state index in [1.165, 1.54) is 16.0 Å². The summed E-state index contributed by atoms with van der Waals surface area (Å²) >= 11 is 1.81. The molecule has 3 heteroatoms. The first-order valence-corrected chi connectivity index (χ1v) is 7.88. The predicted molar refractivity (Wildman–Crippen MR) is 86.5 cm³/mol. The summed E-state index contributed by atoms with van der Waals surface area (Å²) in [5, 5.41) is 9.02. The third kappa shape index (κ3) is 2.88. The molecule has 1 aliphatic rings. The van der Waals surface area contributed by atoms with Crippen molar-refractivity contribution in [2.45, 2.75) is 24.0 Å². The number of hydrogen-bond acceptors (Lipinski definition) is 2. The van der Waals surface area contributed by atoms with Crippen LogP contribution in [0.5, 0.6) is 0 Å². The van der Waals surface area contributed by atoms with Gasteiger partial charge in [-0.05, 0) is 35.3 Å². The number of fused-ring (bicyclic) bond motifs is 2. The Balaban J connectivity index is 2.21. The van der Waals surface area contributed by atoms with Crippen molar-refractivity contribution in [3.63, 3.8) is 0 Å². The first-order chi connectivity index (χ1) is 10.1. The van der Waals surface area contributed by atoms with Crippen LogP contribution in [0.2, 0.25) is 0 Å². The number of carboxylic acids is 1. The average molecular weight is 296 g/mol. The Morgan fingerprint density at radius 3 is 2.86 bits per heavy atom. The number of aryl methyl sites for hydroxylation is 1. The minimum absolute atomic E-state index is 0.0434. The van der Waals surface area contributed by atoms with Crippen LogP contribution in [-0.4, -0.2) is 11.1 Å². The van der Waals surface area contributed by atoms with Gasteiger partial charge in [0.2, 0.25) is 0 Å². The van der Waals surface area contributed by atoms with Crippen molar-refractivity contribution in [1.29, 1.82) is 0 Å². The number of hydrogen-bond donors (Lipinski definition) is 1. The number of aliphatic carboxylic acids is 1. The van der Waals surface area contributed by atoms with E-state index < -0.39 is 5.97 Å². The standard InChI is InChI=1S/C18H16O2S/c1-12-6-8-17-16(10-12)15(7-9-18(19)20)14-5-3-2-4-13(14)11-21-17/h2-8,10H,9,11H2,1H3,(H,19,20)/b15-7-. The second-order valence-corrected chi connectivity index (χ2v) is 6.18. The van der Waals surface area contributed by atoms with E-state index in [2.05, 4.69) is 37.3 Å². The molecular formula is C18H16O2S. The molecule has 0 fully saturated rings. The molecule has 0 saturated carbocycles. The van der Waals surface area contributed by atoms with E-state index in [-0.39, 0.29) is 6.42 Å². The number of carboxylic acid groups (broad SMARTS) is 1. The molecule has 0 amide bonds. The quantitative estimate of drug-likeness (QED) is 0.886. The molecule has 1 heterocycles. The zero-order valence-corrected chi connectivity index (χ0v) is 12.6. The molecule has 21 heavy (non-hydrogen) atoms. The van der Waals surface area contributed by atoms with Gasteiger partial charge in [0.25, 0.3) is 0 Å². The number of thioether (sulfide) groups is 1. The first kappa shape index (κ1) is 14.0. The lowest BCUT2D eigenvalue weighted by Crippen LogP contribution is -1.96. The summed E-state index contributed by atoms with van der Waals surface area (Å²) < 4.78 is 0. The van der Waals surface area contributed by atoms with E-state index in [1.54, 1.807) is 0 Å². The summed E-state index contributed by atoms with van der Waals surface area (Å²) in [6, 6.07) is 14.6. The highest BCUT2D eigenvalue weighted by Crippen LogP contribution is 2.40. The molecule has 2 aromatic rings. The molecule has 2 aromatic carbocycles. The molecule has 3 rings (SSSR count). The lowest BCUT2D eigenvalue weighted by atomic mass is 9.93. The second-order valence-electron chi connectivity index (χ2n) is 5.16. The van der Waals surface area contributed by atoms with Gasteiger partial charge in [-0.25, -0.2) is 0 Å². The summed E-state index contributed by atoms with van der Waals surface area (Å²) in [6.07, 6.45) is 1.88. The highest BCUT2D eigenvalue weighted by atomic mass is 32.2. The van der Waals surface area contributed by atoms with Crippen molar-refractivity contribution in [2.24, 2.45) is 0 Å². The molecule has 0 atom stereocenters. The van der Waals surface area contributed by atoms with Crippen LogP contribution in [0.3, 0.4) is 0 Å². The molecular weight excluding hydrogens is 280 g/mol. The number of carbonyl (C=O) groups is 1. The molecule has 0 bridgehead atoms. The van der Waals surface area contributed by atoms with Crippen LogP contribution in [0.4, 0.5) is 0 Å². The van der Waals surface area contributed by atoms with Crippen LogP contribution < -0.4 is 0 Å². The normalized spacial score (nSPS) is 15.2. The lowest BCUT2D eigenvalue weighted by Gasteiger charge is -2.12. The van der Waals surface area contributed by atoms with Crippen molar-refractivity contribution in [3.8, 4) is 0 Å². The fourth-order valence-corrected chi connectivity index (χ4v) is 3.65. The zero-order chi connectivity index (χ0) is 14.8. The minimum atomic E-state index is -0.800. The van der Waals surface area contributed by atoms with Crippen molar-refractivity contribution < 1.29 is 9.90 Å². The van der Waals surface area contributed by atoms with Crippen LogP contribution in [0.1, 0.15) is 28.7 Å².